The van der Waals surface area contributed by atoms with E-state index in [1.807, 2.05) is 6.92 Å². The SMILES string of the molecule is CCC(C)Nc1cc(NN)nc(C)n1. The van der Waals surface area contributed by atoms with E-state index in [9.17, 15) is 0 Å². The number of hydrogen-bond donors (Lipinski definition) is 3. The summed E-state index contributed by atoms with van der Waals surface area (Å²) >= 11 is 0. The van der Waals surface area contributed by atoms with Crippen LogP contribution in [0.3, 0.4) is 0 Å². The minimum atomic E-state index is 0.398. The molecule has 5 heteroatoms. The molecule has 0 fully saturated rings. The molecule has 0 saturated heterocycles. The summed E-state index contributed by atoms with van der Waals surface area (Å²) in [6.45, 7) is 6.06. The minimum absolute atomic E-state index is 0.398. The molecule has 1 unspecified atom stereocenters. The third-order valence-corrected chi connectivity index (χ3v) is 1.99. The lowest BCUT2D eigenvalue weighted by atomic mass is 10.2. The molecular formula is C9H17N5. The topological polar surface area (TPSA) is 75.9 Å². The van der Waals surface area contributed by atoms with Gasteiger partial charge in [0.25, 0.3) is 0 Å². The van der Waals surface area contributed by atoms with Crippen LogP contribution in [0.2, 0.25) is 0 Å². The average molecular weight is 195 g/mol. The van der Waals surface area contributed by atoms with E-state index in [1.54, 1.807) is 6.07 Å². The number of rotatable bonds is 4. The van der Waals surface area contributed by atoms with Crippen molar-refractivity contribution in [2.24, 2.45) is 5.84 Å². The summed E-state index contributed by atoms with van der Waals surface area (Å²) in [4.78, 5) is 8.35. The summed E-state index contributed by atoms with van der Waals surface area (Å²) in [6, 6.07) is 2.19. The van der Waals surface area contributed by atoms with Gasteiger partial charge in [-0.3, -0.25) is 0 Å². The normalized spacial score (nSPS) is 12.3. The molecule has 0 aliphatic carbocycles. The number of hydrazine groups is 1. The molecule has 1 aromatic rings. The fourth-order valence-corrected chi connectivity index (χ4v) is 1.07. The molecule has 1 aromatic heterocycles. The van der Waals surface area contributed by atoms with Crippen molar-refractivity contribution in [3.8, 4) is 0 Å². The number of aromatic nitrogens is 2. The molecule has 1 heterocycles. The molecule has 5 nitrogen and oxygen atoms in total. The highest BCUT2D eigenvalue weighted by Crippen LogP contribution is 2.11. The van der Waals surface area contributed by atoms with Gasteiger partial charge >= 0.3 is 0 Å². The van der Waals surface area contributed by atoms with Gasteiger partial charge in [-0.25, -0.2) is 15.8 Å². The summed E-state index contributed by atoms with van der Waals surface area (Å²) in [6.07, 6.45) is 1.05. The predicted octanol–water partition coefficient (Wildman–Crippen LogP) is 1.28. The maximum Gasteiger partial charge on any atom is 0.145 e. The van der Waals surface area contributed by atoms with E-state index < -0.39 is 0 Å². The Hall–Kier alpha value is -1.36. The molecule has 0 aliphatic rings. The van der Waals surface area contributed by atoms with Crippen LogP contribution in [0.25, 0.3) is 0 Å². The van der Waals surface area contributed by atoms with Crippen LogP contribution >= 0.6 is 0 Å². The maximum absolute atomic E-state index is 5.28. The molecule has 14 heavy (non-hydrogen) atoms. The molecule has 78 valence electrons. The standard InChI is InChI=1S/C9H17N5/c1-4-6(2)11-8-5-9(14-10)13-7(3)12-8/h5-6H,4,10H2,1-3H3,(H2,11,12,13,14). The molecule has 1 rings (SSSR count). The molecule has 0 amide bonds. The Labute approximate surface area is 84.1 Å². The summed E-state index contributed by atoms with van der Waals surface area (Å²) in [5.41, 5.74) is 2.51. The van der Waals surface area contributed by atoms with Gasteiger partial charge in [-0.15, -0.1) is 0 Å². The number of aryl methyl sites for hydroxylation is 1. The van der Waals surface area contributed by atoms with Gasteiger partial charge in [-0.1, -0.05) is 6.92 Å². The van der Waals surface area contributed by atoms with Crippen molar-refractivity contribution in [2.75, 3.05) is 10.7 Å². The molecule has 1 atom stereocenters. The first-order chi connectivity index (χ1) is 6.65. The van der Waals surface area contributed by atoms with Crippen LogP contribution < -0.4 is 16.6 Å². The van der Waals surface area contributed by atoms with Gasteiger partial charge in [0.1, 0.15) is 17.5 Å². The van der Waals surface area contributed by atoms with Gasteiger partial charge < -0.3 is 10.7 Å². The van der Waals surface area contributed by atoms with Crippen molar-refractivity contribution in [2.45, 2.75) is 33.2 Å². The van der Waals surface area contributed by atoms with Gasteiger partial charge in [0.05, 0.1) is 0 Å². The largest absolute Gasteiger partial charge is 0.367 e. The second-order valence-corrected chi connectivity index (χ2v) is 3.28. The number of nitrogens with one attached hydrogen (secondary N) is 2. The number of nitrogens with zero attached hydrogens (tertiary/aromatic N) is 2. The molecule has 0 aromatic carbocycles. The number of nitrogens with two attached hydrogens (primary N) is 1. The van der Waals surface area contributed by atoms with Crippen LogP contribution in [0.4, 0.5) is 11.6 Å². The highest BCUT2D eigenvalue weighted by atomic mass is 15.3. The summed E-state index contributed by atoms with van der Waals surface area (Å²) in [7, 11) is 0. The molecule has 0 spiro atoms. The Morgan fingerprint density at radius 2 is 2.07 bits per heavy atom. The first-order valence-corrected chi connectivity index (χ1v) is 4.74. The van der Waals surface area contributed by atoms with E-state index in [4.69, 9.17) is 5.84 Å². The molecule has 0 saturated carbocycles. The van der Waals surface area contributed by atoms with Crippen molar-refractivity contribution >= 4 is 11.6 Å². The quantitative estimate of drug-likeness (QED) is 0.498. The van der Waals surface area contributed by atoms with Crippen molar-refractivity contribution in [3.05, 3.63) is 11.9 Å². The highest BCUT2D eigenvalue weighted by Gasteiger charge is 2.03. The lowest BCUT2D eigenvalue weighted by Crippen LogP contribution is -2.16. The Morgan fingerprint density at radius 1 is 1.43 bits per heavy atom. The van der Waals surface area contributed by atoms with E-state index in [0.29, 0.717) is 17.7 Å². The van der Waals surface area contributed by atoms with Crippen LogP contribution in [0.15, 0.2) is 6.07 Å². The zero-order valence-electron chi connectivity index (χ0n) is 8.83. The molecule has 0 radical (unpaired) electrons. The van der Waals surface area contributed by atoms with E-state index in [0.717, 1.165) is 12.2 Å². The van der Waals surface area contributed by atoms with Crippen LogP contribution in [0.5, 0.6) is 0 Å². The monoisotopic (exact) mass is 195 g/mol. The molecular weight excluding hydrogens is 178 g/mol. The van der Waals surface area contributed by atoms with Gasteiger partial charge in [-0.2, -0.15) is 0 Å². The third kappa shape index (κ3) is 2.85. The fraction of sp³-hybridized carbons (Fsp3) is 0.556. The average Bonchev–Trinajstić information content (AvgIpc) is 2.16. The number of hydrogen-bond acceptors (Lipinski definition) is 5. The second-order valence-electron chi connectivity index (χ2n) is 3.28. The summed E-state index contributed by atoms with van der Waals surface area (Å²) < 4.78 is 0. The van der Waals surface area contributed by atoms with E-state index in [1.165, 1.54) is 0 Å². The van der Waals surface area contributed by atoms with E-state index in [-0.39, 0.29) is 0 Å². The Bertz CT molecular complexity index is 299. The first-order valence-electron chi connectivity index (χ1n) is 4.74. The van der Waals surface area contributed by atoms with E-state index >= 15 is 0 Å². The molecule has 0 bridgehead atoms. The number of nitrogen functional groups attached to an aromatic ring is 1. The van der Waals surface area contributed by atoms with Crippen LogP contribution in [-0.4, -0.2) is 16.0 Å². The van der Waals surface area contributed by atoms with Crippen molar-refractivity contribution in [1.82, 2.24) is 9.97 Å². The van der Waals surface area contributed by atoms with Crippen LogP contribution in [0, 0.1) is 6.92 Å². The lowest BCUT2D eigenvalue weighted by molar-refractivity contribution is 0.757. The van der Waals surface area contributed by atoms with Gasteiger partial charge in [0.15, 0.2) is 0 Å². The highest BCUT2D eigenvalue weighted by molar-refractivity contribution is 5.47. The third-order valence-electron chi connectivity index (χ3n) is 1.99. The zero-order chi connectivity index (χ0) is 10.6. The fourth-order valence-electron chi connectivity index (χ4n) is 1.07. The summed E-state index contributed by atoms with van der Waals surface area (Å²) in [5.74, 6) is 7.42. The van der Waals surface area contributed by atoms with E-state index in [2.05, 4.69) is 34.6 Å². The van der Waals surface area contributed by atoms with Gasteiger partial charge in [0, 0.05) is 12.1 Å². The molecule has 0 aliphatic heterocycles. The van der Waals surface area contributed by atoms with Crippen LogP contribution in [0.1, 0.15) is 26.1 Å². The smallest absolute Gasteiger partial charge is 0.145 e. The molecule has 4 N–H and O–H groups in total. The maximum atomic E-state index is 5.28. The Kier molecular flexibility index (Phi) is 3.64. The second kappa shape index (κ2) is 4.76. The van der Waals surface area contributed by atoms with Crippen molar-refractivity contribution < 1.29 is 0 Å². The minimum Gasteiger partial charge on any atom is -0.367 e. The predicted molar refractivity (Wildman–Crippen MR) is 58.0 cm³/mol. The van der Waals surface area contributed by atoms with Gasteiger partial charge in [-0.05, 0) is 20.3 Å². The Balaban J connectivity index is 2.81. The Morgan fingerprint density at radius 3 is 2.64 bits per heavy atom. The summed E-state index contributed by atoms with van der Waals surface area (Å²) in [5, 5.41) is 3.26. The van der Waals surface area contributed by atoms with Gasteiger partial charge in [0.2, 0.25) is 0 Å². The first kappa shape index (κ1) is 10.7. The zero-order valence-corrected chi connectivity index (χ0v) is 8.83. The van der Waals surface area contributed by atoms with Crippen LogP contribution in [-0.2, 0) is 0 Å². The van der Waals surface area contributed by atoms with Crippen molar-refractivity contribution in [1.29, 1.82) is 0 Å². The van der Waals surface area contributed by atoms with Crippen molar-refractivity contribution in [3.63, 3.8) is 0 Å². The number of anilines is 2. The lowest BCUT2D eigenvalue weighted by Gasteiger charge is -2.13.